The quantitative estimate of drug-likeness (QED) is 0.850. The summed E-state index contributed by atoms with van der Waals surface area (Å²) >= 11 is 0. The Balaban J connectivity index is 1.94. The van der Waals surface area contributed by atoms with Gasteiger partial charge in [0, 0.05) is 17.6 Å². The van der Waals surface area contributed by atoms with E-state index in [1.165, 1.54) is 16.4 Å². The fraction of sp³-hybridized carbons (Fsp3) is 0.350. The number of amides is 1. The highest BCUT2D eigenvalue weighted by Crippen LogP contribution is 2.37. The predicted molar refractivity (Wildman–Crippen MR) is 103 cm³/mol. The van der Waals surface area contributed by atoms with E-state index in [2.05, 4.69) is 5.32 Å². The number of sulfonamides is 1. The SMILES string of the molecule is CC[C@H](C)NC(=O)c1ccc2c(c1)C[C@@H](C)N2S(=O)(=O)c1ccc(F)cc1. The Morgan fingerprint density at radius 2 is 1.93 bits per heavy atom. The van der Waals surface area contributed by atoms with E-state index in [0.29, 0.717) is 17.7 Å². The average molecular weight is 390 g/mol. The minimum atomic E-state index is -3.81. The van der Waals surface area contributed by atoms with E-state index in [1.54, 1.807) is 18.2 Å². The molecule has 3 rings (SSSR count). The van der Waals surface area contributed by atoms with Crippen LogP contribution in [0.1, 0.15) is 43.1 Å². The second-order valence-corrected chi connectivity index (χ2v) is 8.75. The van der Waals surface area contributed by atoms with Crippen molar-refractivity contribution in [1.82, 2.24) is 5.32 Å². The fourth-order valence-electron chi connectivity index (χ4n) is 3.24. The van der Waals surface area contributed by atoms with Crippen LogP contribution in [0.4, 0.5) is 10.1 Å². The van der Waals surface area contributed by atoms with Gasteiger partial charge in [-0.3, -0.25) is 9.10 Å². The molecule has 2 aromatic carbocycles. The third-order valence-electron chi connectivity index (χ3n) is 4.86. The minimum absolute atomic E-state index is 0.0437. The van der Waals surface area contributed by atoms with Crippen LogP contribution in [-0.4, -0.2) is 26.4 Å². The average Bonchev–Trinajstić information content (AvgIpc) is 2.97. The van der Waals surface area contributed by atoms with Gasteiger partial charge in [0.05, 0.1) is 10.6 Å². The molecule has 0 aliphatic carbocycles. The summed E-state index contributed by atoms with van der Waals surface area (Å²) in [5.74, 6) is -0.652. The van der Waals surface area contributed by atoms with Gasteiger partial charge in [-0.1, -0.05) is 6.92 Å². The van der Waals surface area contributed by atoms with Crippen molar-refractivity contribution in [3.8, 4) is 0 Å². The van der Waals surface area contributed by atoms with E-state index >= 15 is 0 Å². The first kappa shape index (κ1) is 19.4. The van der Waals surface area contributed by atoms with E-state index in [4.69, 9.17) is 0 Å². The summed E-state index contributed by atoms with van der Waals surface area (Å²) in [6.07, 6.45) is 1.34. The molecule has 0 saturated carbocycles. The molecule has 27 heavy (non-hydrogen) atoms. The summed E-state index contributed by atoms with van der Waals surface area (Å²) in [6, 6.07) is 9.65. The van der Waals surface area contributed by atoms with Crippen molar-refractivity contribution in [3.05, 3.63) is 59.4 Å². The van der Waals surface area contributed by atoms with Gasteiger partial charge in [-0.15, -0.1) is 0 Å². The van der Waals surface area contributed by atoms with E-state index in [0.717, 1.165) is 24.1 Å². The molecular formula is C20H23FN2O3S. The molecule has 1 amide bonds. The number of carbonyl (C=O) groups is 1. The van der Waals surface area contributed by atoms with Gasteiger partial charge in [-0.05, 0) is 74.7 Å². The number of hydrogen-bond donors (Lipinski definition) is 1. The monoisotopic (exact) mass is 390 g/mol. The third kappa shape index (κ3) is 3.69. The molecule has 0 fully saturated rings. The van der Waals surface area contributed by atoms with Crippen LogP contribution in [0.3, 0.4) is 0 Å². The number of nitrogens with zero attached hydrogens (tertiary/aromatic N) is 1. The largest absolute Gasteiger partial charge is 0.350 e. The molecule has 0 saturated heterocycles. The van der Waals surface area contributed by atoms with Gasteiger partial charge in [0.25, 0.3) is 15.9 Å². The van der Waals surface area contributed by atoms with Gasteiger partial charge in [0.1, 0.15) is 5.82 Å². The molecule has 0 radical (unpaired) electrons. The summed E-state index contributed by atoms with van der Waals surface area (Å²) in [5, 5.41) is 2.91. The lowest BCUT2D eigenvalue weighted by molar-refractivity contribution is 0.0939. The van der Waals surface area contributed by atoms with Crippen LogP contribution in [0.25, 0.3) is 0 Å². The molecule has 1 N–H and O–H groups in total. The van der Waals surface area contributed by atoms with Crippen molar-refractivity contribution in [1.29, 1.82) is 0 Å². The molecular weight excluding hydrogens is 367 g/mol. The number of fused-ring (bicyclic) bond motifs is 1. The number of benzene rings is 2. The molecule has 1 heterocycles. The van der Waals surface area contributed by atoms with Crippen LogP contribution < -0.4 is 9.62 Å². The van der Waals surface area contributed by atoms with Gasteiger partial charge >= 0.3 is 0 Å². The standard InChI is InChI=1S/C20H23FN2O3S/c1-4-13(2)22-20(24)15-5-10-19-16(12-15)11-14(3)23(19)27(25,26)18-8-6-17(21)7-9-18/h5-10,12-14H,4,11H2,1-3H3,(H,22,24)/t13-,14+/m0/s1. The number of anilines is 1. The Morgan fingerprint density at radius 3 is 2.56 bits per heavy atom. The predicted octanol–water partition coefficient (Wildman–Crippen LogP) is 3.49. The molecule has 7 heteroatoms. The highest BCUT2D eigenvalue weighted by molar-refractivity contribution is 7.92. The first-order valence-electron chi connectivity index (χ1n) is 8.97. The van der Waals surface area contributed by atoms with Crippen molar-refractivity contribution in [2.75, 3.05) is 4.31 Å². The Bertz CT molecular complexity index is 958. The number of nitrogens with one attached hydrogen (secondary N) is 1. The van der Waals surface area contributed by atoms with Crippen LogP contribution in [0.15, 0.2) is 47.4 Å². The Labute approximate surface area is 159 Å². The highest BCUT2D eigenvalue weighted by Gasteiger charge is 2.36. The lowest BCUT2D eigenvalue weighted by Gasteiger charge is -2.24. The first-order valence-corrected chi connectivity index (χ1v) is 10.4. The zero-order chi connectivity index (χ0) is 19.8. The number of halogens is 1. The molecule has 1 aliphatic rings. The second-order valence-electron chi connectivity index (χ2n) is 6.93. The van der Waals surface area contributed by atoms with E-state index in [-0.39, 0.29) is 22.9 Å². The Kier molecular flexibility index (Phi) is 5.24. The van der Waals surface area contributed by atoms with Crippen molar-refractivity contribution in [3.63, 3.8) is 0 Å². The second kappa shape index (κ2) is 7.31. The maximum absolute atomic E-state index is 13.2. The third-order valence-corrected chi connectivity index (χ3v) is 6.80. The molecule has 144 valence electrons. The van der Waals surface area contributed by atoms with Gasteiger partial charge < -0.3 is 5.32 Å². The van der Waals surface area contributed by atoms with Crippen molar-refractivity contribution in [2.45, 2.75) is 50.6 Å². The van der Waals surface area contributed by atoms with Crippen LogP contribution in [0.5, 0.6) is 0 Å². The minimum Gasteiger partial charge on any atom is -0.350 e. The van der Waals surface area contributed by atoms with E-state index in [1.807, 2.05) is 20.8 Å². The first-order chi connectivity index (χ1) is 12.7. The highest BCUT2D eigenvalue weighted by atomic mass is 32.2. The number of carbonyl (C=O) groups excluding carboxylic acids is 1. The molecule has 0 unspecified atom stereocenters. The van der Waals surface area contributed by atoms with Crippen LogP contribution in [0, 0.1) is 5.82 Å². The summed E-state index contributed by atoms with van der Waals surface area (Å²) < 4.78 is 40.6. The normalized spacial score (nSPS) is 17.5. The molecule has 1 aliphatic heterocycles. The van der Waals surface area contributed by atoms with Crippen LogP contribution in [-0.2, 0) is 16.4 Å². The smallest absolute Gasteiger partial charge is 0.264 e. The van der Waals surface area contributed by atoms with Gasteiger partial charge in [0.2, 0.25) is 0 Å². The number of hydrogen-bond acceptors (Lipinski definition) is 3. The van der Waals surface area contributed by atoms with Gasteiger partial charge in [-0.2, -0.15) is 0 Å². The molecule has 2 aromatic rings. The molecule has 5 nitrogen and oxygen atoms in total. The maximum Gasteiger partial charge on any atom is 0.264 e. The Hall–Kier alpha value is -2.41. The summed E-state index contributed by atoms with van der Waals surface area (Å²) in [4.78, 5) is 12.4. The summed E-state index contributed by atoms with van der Waals surface area (Å²) in [7, 11) is -3.81. The van der Waals surface area contributed by atoms with Crippen molar-refractivity contribution < 1.29 is 17.6 Å². The van der Waals surface area contributed by atoms with Crippen molar-refractivity contribution >= 4 is 21.6 Å². The molecule has 2 atom stereocenters. The summed E-state index contributed by atoms with van der Waals surface area (Å²) in [5.41, 5.74) is 1.89. The lowest BCUT2D eigenvalue weighted by atomic mass is 10.1. The van der Waals surface area contributed by atoms with Crippen LogP contribution in [0.2, 0.25) is 0 Å². The summed E-state index contributed by atoms with van der Waals surface area (Å²) in [6.45, 7) is 5.75. The van der Waals surface area contributed by atoms with E-state index < -0.39 is 15.8 Å². The molecule has 0 aromatic heterocycles. The zero-order valence-corrected chi connectivity index (χ0v) is 16.4. The van der Waals surface area contributed by atoms with Gasteiger partial charge in [-0.25, -0.2) is 12.8 Å². The van der Waals surface area contributed by atoms with Gasteiger partial charge in [0.15, 0.2) is 0 Å². The topological polar surface area (TPSA) is 66.5 Å². The molecule has 0 bridgehead atoms. The lowest BCUT2D eigenvalue weighted by Crippen LogP contribution is -2.35. The number of rotatable bonds is 5. The van der Waals surface area contributed by atoms with Crippen molar-refractivity contribution in [2.24, 2.45) is 0 Å². The Morgan fingerprint density at radius 1 is 1.26 bits per heavy atom. The molecule has 0 spiro atoms. The van der Waals surface area contributed by atoms with Crippen LogP contribution >= 0.6 is 0 Å². The van der Waals surface area contributed by atoms with E-state index in [9.17, 15) is 17.6 Å². The fourth-order valence-corrected chi connectivity index (χ4v) is 4.93. The maximum atomic E-state index is 13.2. The zero-order valence-electron chi connectivity index (χ0n) is 15.6.